The first-order valence-electron chi connectivity index (χ1n) is 9.67. The van der Waals surface area contributed by atoms with Gasteiger partial charge in [-0.25, -0.2) is 0 Å². The van der Waals surface area contributed by atoms with Crippen molar-refractivity contribution in [2.24, 2.45) is 5.92 Å². The maximum Gasteiger partial charge on any atom is 0.0448 e. The Morgan fingerprint density at radius 2 is 1.57 bits per heavy atom. The molecule has 1 saturated heterocycles. The van der Waals surface area contributed by atoms with Crippen LogP contribution in [-0.4, -0.2) is 13.1 Å². The monoisotopic (exact) mass is 307 g/mol. The van der Waals surface area contributed by atoms with Crippen molar-refractivity contribution in [2.75, 3.05) is 18.0 Å². The summed E-state index contributed by atoms with van der Waals surface area (Å²) in [5.41, 5.74) is 3.06. The number of nitrogens with zero attached hydrogens (tertiary/aromatic N) is 1. The topological polar surface area (TPSA) is 3.24 Å². The summed E-state index contributed by atoms with van der Waals surface area (Å²) in [6.45, 7) is 2.47. The number of fused-ring (bicyclic) bond motifs is 1. The van der Waals surface area contributed by atoms with Gasteiger partial charge in [-0.1, -0.05) is 62.4 Å². The second kappa shape index (κ2) is 6.95. The highest BCUT2D eigenvalue weighted by molar-refractivity contribution is 5.95. The van der Waals surface area contributed by atoms with Gasteiger partial charge in [-0.3, -0.25) is 0 Å². The van der Waals surface area contributed by atoms with Crippen LogP contribution in [0, 0.1) is 5.92 Å². The molecular formula is C22H29N. The molecule has 4 rings (SSSR count). The van der Waals surface area contributed by atoms with Crippen molar-refractivity contribution < 1.29 is 0 Å². The zero-order valence-electron chi connectivity index (χ0n) is 14.3. The largest absolute Gasteiger partial charge is 0.371 e. The number of rotatable bonds is 3. The molecule has 1 aliphatic heterocycles. The van der Waals surface area contributed by atoms with Crippen molar-refractivity contribution in [2.45, 2.75) is 57.8 Å². The molecule has 23 heavy (non-hydrogen) atoms. The van der Waals surface area contributed by atoms with E-state index in [0.717, 1.165) is 5.92 Å². The second-order valence-corrected chi connectivity index (χ2v) is 7.59. The smallest absolute Gasteiger partial charge is 0.0448 e. The lowest BCUT2D eigenvalue weighted by atomic mass is 9.84. The fourth-order valence-electron chi connectivity index (χ4n) is 4.59. The Hall–Kier alpha value is -1.50. The number of anilines is 1. The number of hydrogen-bond acceptors (Lipinski definition) is 1. The molecule has 0 spiro atoms. The van der Waals surface area contributed by atoms with Crippen LogP contribution in [0.1, 0.15) is 56.9 Å². The molecule has 0 amide bonds. The molecule has 0 bridgehead atoms. The van der Waals surface area contributed by atoms with Crippen molar-refractivity contribution in [1.29, 1.82) is 0 Å². The summed E-state index contributed by atoms with van der Waals surface area (Å²) in [4.78, 5) is 2.64. The normalized spacial score (nSPS) is 20.1. The molecule has 2 fully saturated rings. The zero-order valence-corrected chi connectivity index (χ0v) is 14.3. The van der Waals surface area contributed by atoms with Gasteiger partial charge in [-0.05, 0) is 48.6 Å². The van der Waals surface area contributed by atoms with Crippen LogP contribution < -0.4 is 4.90 Å². The second-order valence-electron chi connectivity index (χ2n) is 7.59. The Morgan fingerprint density at radius 3 is 2.39 bits per heavy atom. The van der Waals surface area contributed by atoms with Crippen LogP contribution in [0.2, 0.25) is 0 Å². The predicted octanol–water partition coefficient (Wildman–Crippen LogP) is 5.95. The fraction of sp³-hybridized carbons (Fsp3) is 0.545. The molecular weight excluding hydrogens is 278 g/mol. The summed E-state index contributed by atoms with van der Waals surface area (Å²) in [5, 5.41) is 2.88. The fourth-order valence-corrected chi connectivity index (χ4v) is 4.59. The van der Waals surface area contributed by atoms with Gasteiger partial charge < -0.3 is 4.90 Å². The summed E-state index contributed by atoms with van der Waals surface area (Å²) in [7, 11) is 0. The SMILES string of the molecule is c1ccc2c(N3CCCCC3)cc(CC3CCCCC3)cc2c1. The van der Waals surface area contributed by atoms with Crippen LogP contribution in [0.4, 0.5) is 5.69 Å². The number of piperidine rings is 1. The summed E-state index contributed by atoms with van der Waals surface area (Å²) in [6, 6.07) is 14.0. The molecule has 0 unspecified atom stereocenters. The van der Waals surface area contributed by atoms with Crippen molar-refractivity contribution in [3.05, 3.63) is 42.0 Å². The van der Waals surface area contributed by atoms with Gasteiger partial charge in [0.25, 0.3) is 0 Å². The maximum atomic E-state index is 2.64. The Morgan fingerprint density at radius 1 is 0.826 bits per heavy atom. The van der Waals surface area contributed by atoms with Gasteiger partial charge in [0, 0.05) is 24.2 Å². The van der Waals surface area contributed by atoms with Gasteiger partial charge in [-0.2, -0.15) is 0 Å². The van der Waals surface area contributed by atoms with Crippen LogP contribution in [0.3, 0.4) is 0 Å². The quantitative estimate of drug-likeness (QED) is 0.677. The van der Waals surface area contributed by atoms with Crippen LogP contribution in [0.5, 0.6) is 0 Å². The highest BCUT2D eigenvalue weighted by Gasteiger charge is 2.17. The molecule has 1 aliphatic carbocycles. The van der Waals surface area contributed by atoms with E-state index in [-0.39, 0.29) is 0 Å². The Labute approximate surface area is 140 Å². The Bertz CT molecular complexity index is 648. The summed E-state index contributed by atoms with van der Waals surface area (Å²) in [6.07, 6.45) is 12.6. The van der Waals surface area contributed by atoms with E-state index < -0.39 is 0 Å². The molecule has 0 atom stereocenters. The highest BCUT2D eigenvalue weighted by Crippen LogP contribution is 2.33. The van der Waals surface area contributed by atoms with Gasteiger partial charge in [0.15, 0.2) is 0 Å². The lowest BCUT2D eigenvalue weighted by molar-refractivity contribution is 0.357. The molecule has 2 aliphatic rings. The lowest BCUT2D eigenvalue weighted by Crippen LogP contribution is -2.29. The molecule has 0 N–H and O–H groups in total. The average Bonchev–Trinajstić information content (AvgIpc) is 2.63. The average molecular weight is 307 g/mol. The minimum atomic E-state index is 0.916. The van der Waals surface area contributed by atoms with Crippen molar-refractivity contribution in [1.82, 2.24) is 0 Å². The lowest BCUT2D eigenvalue weighted by Gasteiger charge is -2.31. The highest BCUT2D eigenvalue weighted by atomic mass is 15.1. The van der Waals surface area contributed by atoms with Crippen LogP contribution in [-0.2, 0) is 6.42 Å². The molecule has 2 aromatic carbocycles. The molecule has 0 radical (unpaired) electrons. The van der Waals surface area contributed by atoms with Gasteiger partial charge in [0.05, 0.1) is 0 Å². The minimum Gasteiger partial charge on any atom is -0.371 e. The zero-order chi connectivity index (χ0) is 15.5. The standard InChI is InChI=1S/C22H29N/c1-3-9-18(10-4-1)15-19-16-20-11-5-6-12-21(20)22(17-19)23-13-7-2-8-14-23/h5-6,11-12,16-18H,1-4,7-10,13-15H2. The van der Waals surface area contributed by atoms with Crippen LogP contribution in [0.25, 0.3) is 10.8 Å². The third-order valence-electron chi connectivity index (χ3n) is 5.85. The Balaban J connectivity index is 1.67. The molecule has 1 heteroatoms. The molecule has 0 aromatic heterocycles. The first kappa shape index (κ1) is 15.1. The van der Waals surface area contributed by atoms with E-state index in [4.69, 9.17) is 0 Å². The van der Waals surface area contributed by atoms with Gasteiger partial charge in [0.2, 0.25) is 0 Å². The van der Waals surface area contributed by atoms with Crippen molar-refractivity contribution >= 4 is 16.5 Å². The van der Waals surface area contributed by atoms with Crippen molar-refractivity contribution in [3.63, 3.8) is 0 Å². The van der Waals surface area contributed by atoms with Gasteiger partial charge in [0.1, 0.15) is 0 Å². The van der Waals surface area contributed by atoms with E-state index >= 15 is 0 Å². The molecule has 122 valence electrons. The minimum absolute atomic E-state index is 0.916. The summed E-state index contributed by atoms with van der Waals surface area (Å²) < 4.78 is 0. The first-order chi connectivity index (χ1) is 11.4. The van der Waals surface area contributed by atoms with Crippen LogP contribution >= 0.6 is 0 Å². The van der Waals surface area contributed by atoms with Crippen molar-refractivity contribution in [3.8, 4) is 0 Å². The van der Waals surface area contributed by atoms with E-state index in [1.807, 2.05) is 0 Å². The summed E-state index contributed by atoms with van der Waals surface area (Å²) >= 11 is 0. The summed E-state index contributed by atoms with van der Waals surface area (Å²) in [5.74, 6) is 0.916. The van der Waals surface area contributed by atoms with E-state index in [1.165, 1.54) is 87.3 Å². The molecule has 2 aromatic rings. The van der Waals surface area contributed by atoms with E-state index in [1.54, 1.807) is 5.56 Å². The predicted molar refractivity (Wildman–Crippen MR) is 100 cm³/mol. The third kappa shape index (κ3) is 3.39. The van der Waals surface area contributed by atoms with Crippen LogP contribution in [0.15, 0.2) is 36.4 Å². The Kier molecular flexibility index (Phi) is 4.55. The molecule has 1 nitrogen and oxygen atoms in total. The number of hydrogen-bond donors (Lipinski definition) is 0. The maximum absolute atomic E-state index is 2.64. The van der Waals surface area contributed by atoms with E-state index in [2.05, 4.69) is 41.3 Å². The third-order valence-corrected chi connectivity index (χ3v) is 5.85. The van der Waals surface area contributed by atoms with E-state index in [0.29, 0.717) is 0 Å². The van der Waals surface area contributed by atoms with Gasteiger partial charge >= 0.3 is 0 Å². The molecule has 1 heterocycles. The molecule has 1 saturated carbocycles. The van der Waals surface area contributed by atoms with E-state index in [9.17, 15) is 0 Å². The van der Waals surface area contributed by atoms with Gasteiger partial charge in [-0.15, -0.1) is 0 Å². The first-order valence-corrected chi connectivity index (χ1v) is 9.67. The number of benzene rings is 2.